The van der Waals surface area contributed by atoms with Gasteiger partial charge in [-0.2, -0.15) is 0 Å². The Morgan fingerprint density at radius 1 is 1.08 bits per heavy atom. The largest absolute Gasteiger partial charge is 0.379 e. The topological polar surface area (TPSA) is 90.8 Å². The molecule has 1 aliphatic rings. The van der Waals surface area contributed by atoms with E-state index in [2.05, 4.69) is 26.5 Å². The molecule has 1 fully saturated rings. The van der Waals surface area contributed by atoms with E-state index in [0.29, 0.717) is 17.8 Å². The maximum absolute atomic E-state index is 13.8. The predicted molar refractivity (Wildman–Crippen MR) is 145 cm³/mol. The van der Waals surface area contributed by atoms with Crippen LogP contribution < -0.4 is 15.5 Å². The van der Waals surface area contributed by atoms with Crippen molar-refractivity contribution in [2.24, 2.45) is 0 Å². The van der Waals surface area contributed by atoms with Crippen LogP contribution in [0.2, 0.25) is 5.02 Å². The van der Waals surface area contributed by atoms with Crippen LogP contribution in [0.1, 0.15) is 22.3 Å². The lowest BCUT2D eigenvalue weighted by Gasteiger charge is -2.36. The zero-order chi connectivity index (χ0) is 26.4. The Bertz CT molecular complexity index is 1280. The Hall–Kier alpha value is -3.69. The van der Waals surface area contributed by atoms with E-state index in [-0.39, 0.29) is 16.9 Å². The first-order chi connectivity index (χ1) is 17.8. The zero-order valence-electron chi connectivity index (χ0n) is 20.5. The number of nitrogens with zero attached hydrogens (tertiary/aromatic N) is 3. The van der Waals surface area contributed by atoms with Gasteiger partial charge in [-0.05, 0) is 67.9 Å². The summed E-state index contributed by atoms with van der Waals surface area (Å²) in [4.78, 5) is 28.4. The van der Waals surface area contributed by atoms with Crippen molar-refractivity contribution in [3.63, 3.8) is 0 Å². The molecule has 0 radical (unpaired) electrons. The molecule has 0 aromatic heterocycles. The van der Waals surface area contributed by atoms with Crippen molar-refractivity contribution in [3.05, 3.63) is 92.7 Å². The van der Waals surface area contributed by atoms with E-state index >= 15 is 0 Å². The minimum absolute atomic E-state index is 0.121. The summed E-state index contributed by atoms with van der Waals surface area (Å²) in [6.07, 6.45) is 0.815. The molecule has 1 amide bonds. The number of nitrogens with one attached hydrogen (secondary N) is 2. The smallest absolute Gasteiger partial charge is 0.293 e. The molecule has 2 N–H and O–H groups in total. The molecule has 1 heterocycles. The highest BCUT2D eigenvalue weighted by Gasteiger charge is 2.19. The van der Waals surface area contributed by atoms with Gasteiger partial charge in [0.05, 0.1) is 4.92 Å². The minimum atomic E-state index is -0.546. The molecule has 0 aliphatic carbocycles. The van der Waals surface area contributed by atoms with E-state index < -0.39 is 16.6 Å². The summed E-state index contributed by atoms with van der Waals surface area (Å²) < 4.78 is 13.8. The predicted octanol–water partition coefficient (Wildman–Crippen LogP) is 5.57. The number of piperazine rings is 1. The molecule has 0 saturated carbocycles. The lowest BCUT2D eigenvalue weighted by molar-refractivity contribution is -0.384. The summed E-state index contributed by atoms with van der Waals surface area (Å²) in [5.74, 6) is -0.985. The molecular weight excluding hydrogens is 497 g/mol. The fourth-order valence-electron chi connectivity index (χ4n) is 4.28. The van der Waals surface area contributed by atoms with Crippen LogP contribution in [0.3, 0.4) is 0 Å². The highest BCUT2D eigenvalue weighted by Crippen LogP contribution is 2.26. The Labute approximate surface area is 220 Å². The number of benzene rings is 3. The summed E-state index contributed by atoms with van der Waals surface area (Å²) in [5.41, 5.74) is 2.17. The van der Waals surface area contributed by atoms with Gasteiger partial charge >= 0.3 is 0 Å². The van der Waals surface area contributed by atoms with Crippen molar-refractivity contribution in [1.82, 2.24) is 4.90 Å². The van der Waals surface area contributed by atoms with Gasteiger partial charge < -0.3 is 15.5 Å². The summed E-state index contributed by atoms with van der Waals surface area (Å²) in [5, 5.41) is 18.1. The number of carbonyl (C=O) groups excluding carboxylic acids is 1. The van der Waals surface area contributed by atoms with Crippen molar-refractivity contribution >= 4 is 40.3 Å². The monoisotopic (exact) mass is 525 g/mol. The Morgan fingerprint density at radius 2 is 1.86 bits per heavy atom. The highest BCUT2D eigenvalue weighted by atomic mass is 35.5. The third-order valence-electron chi connectivity index (χ3n) is 6.40. The fraction of sp³-hybridized carbons (Fsp3) is 0.296. The quantitative estimate of drug-likeness (QED) is 0.215. The number of carbonyl (C=O) groups is 1. The first kappa shape index (κ1) is 26.4. The number of nitro benzene ring substituents is 1. The van der Waals surface area contributed by atoms with E-state index in [1.807, 2.05) is 18.2 Å². The Morgan fingerprint density at radius 3 is 2.57 bits per heavy atom. The van der Waals surface area contributed by atoms with Crippen LogP contribution in [0.5, 0.6) is 0 Å². The third-order valence-corrected chi connectivity index (χ3v) is 6.63. The zero-order valence-corrected chi connectivity index (χ0v) is 21.3. The van der Waals surface area contributed by atoms with E-state index in [4.69, 9.17) is 11.6 Å². The number of halogens is 2. The second-order valence-corrected chi connectivity index (χ2v) is 9.43. The van der Waals surface area contributed by atoms with Gasteiger partial charge in [-0.1, -0.05) is 23.7 Å². The van der Waals surface area contributed by atoms with Gasteiger partial charge in [0.15, 0.2) is 0 Å². The normalized spacial score (nSPS) is 13.9. The van der Waals surface area contributed by atoms with E-state index in [1.54, 1.807) is 19.1 Å². The van der Waals surface area contributed by atoms with Crippen LogP contribution in [-0.4, -0.2) is 55.0 Å². The second-order valence-electron chi connectivity index (χ2n) is 9.00. The van der Waals surface area contributed by atoms with Crippen LogP contribution in [-0.2, 0) is 0 Å². The van der Waals surface area contributed by atoms with Gasteiger partial charge in [-0.15, -0.1) is 0 Å². The van der Waals surface area contributed by atoms with Crippen LogP contribution in [0.4, 0.5) is 27.1 Å². The van der Waals surface area contributed by atoms with Crippen LogP contribution in [0.25, 0.3) is 0 Å². The molecule has 0 atom stereocenters. The summed E-state index contributed by atoms with van der Waals surface area (Å²) in [6, 6.07) is 16.5. The lowest BCUT2D eigenvalue weighted by atomic mass is 10.1. The first-order valence-corrected chi connectivity index (χ1v) is 12.5. The molecule has 194 valence electrons. The molecule has 0 bridgehead atoms. The molecule has 0 spiro atoms. The van der Waals surface area contributed by atoms with E-state index in [9.17, 15) is 19.3 Å². The number of hydrogen-bond acceptors (Lipinski definition) is 6. The van der Waals surface area contributed by atoms with Gasteiger partial charge in [0.2, 0.25) is 0 Å². The highest BCUT2D eigenvalue weighted by molar-refractivity contribution is 6.30. The van der Waals surface area contributed by atoms with Gasteiger partial charge in [0.25, 0.3) is 11.6 Å². The van der Waals surface area contributed by atoms with Crippen molar-refractivity contribution in [3.8, 4) is 0 Å². The number of aryl methyl sites for hydroxylation is 1. The lowest BCUT2D eigenvalue weighted by Crippen LogP contribution is -2.46. The second kappa shape index (κ2) is 12.0. The Balaban J connectivity index is 1.27. The summed E-state index contributed by atoms with van der Waals surface area (Å²) in [6.45, 7) is 6.75. The van der Waals surface area contributed by atoms with Crippen molar-refractivity contribution in [1.29, 1.82) is 0 Å². The molecule has 8 nitrogen and oxygen atoms in total. The number of nitro groups is 1. The molecule has 10 heteroatoms. The van der Waals surface area contributed by atoms with Gasteiger partial charge in [0.1, 0.15) is 11.5 Å². The van der Waals surface area contributed by atoms with Crippen molar-refractivity contribution in [2.75, 3.05) is 54.8 Å². The van der Waals surface area contributed by atoms with Gasteiger partial charge in [-0.25, -0.2) is 4.39 Å². The van der Waals surface area contributed by atoms with E-state index in [1.165, 1.54) is 24.3 Å². The number of hydrogen-bond donors (Lipinski definition) is 2. The maximum atomic E-state index is 13.8. The number of rotatable bonds is 9. The fourth-order valence-corrected chi connectivity index (χ4v) is 4.46. The first-order valence-electron chi connectivity index (χ1n) is 12.1. The average Bonchev–Trinajstić information content (AvgIpc) is 2.89. The number of amides is 1. The molecule has 37 heavy (non-hydrogen) atoms. The molecule has 0 unspecified atom stereocenters. The van der Waals surface area contributed by atoms with Crippen LogP contribution in [0.15, 0.2) is 60.7 Å². The molecule has 4 rings (SSSR count). The van der Waals surface area contributed by atoms with Gasteiger partial charge in [0, 0.05) is 60.8 Å². The SMILES string of the molecule is Cc1ccc(NC(=O)c2ccc(NCCCN3CCN(c4cccc(Cl)c4)CC3)c([N+](=O)[O-])c2)cc1F. The third kappa shape index (κ3) is 6.96. The van der Waals surface area contributed by atoms with Crippen molar-refractivity contribution < 1.29 is 14.1 Å². The molecule has 3 aromatic carbocycles. The number of anilines is 3. The minimum Gasteiger partial charge on any atom is -0.379 e. The molecule has 3 aromatic rings. The molecular formula is C27H29ClFN5O3. The standard InChI is InChI=1S/C27H29ClFN5O3/c1-19-6-8-22(18-24(19)29)31-27(35)20-7-9-25(26(16-20)34(36)37)30-10-3-11-32-12-14-33(15-13-32)23-5-2-4-21(28)17-23/h2,4-9,16-18,30H,3,10-15H2,1H3,(H,31,35). The molecule has 1 saturated heterocycles. The average molecular weight is 526 g/mol. The summed E-state index contributed by atoms with van der Waals surface area (Å²) >= 11 is 6.11. The summed E-state index contributed by atoms with van der Waals surface area (Å²) in [7, 11) is 0. The van der Waals surface area contributed by atoms with Crippen molar-refractivity contribution in [2.45, 2.75) is 13.3 Å². The van der Waals surface area contributed by atoms with E-state index in [0.717, 1.165) is 49.9 Å². The maximum Gasteiger partial charge on any atom is 0.293 e. The molecule has 1 aliphatic heterocycles. The Kier molecular flexibility index (Phi) is 8.58. The van der Waals surface area contributed by atoms with Gasteiger partial charge in [-0.3, -0.25) is 19.8 Å². The van der Waals surface area contributed by atoms with Crippen LogP contribution >= 0.6 is 11.6 Å². The van der Waals surface area contributed by atoms with Crippen LogP contribution in [0, 0.1) is 22.9 Å².